The maximum atomic E-state index is 11.9. The van der Waals surface area contributed by atoms with Crippen molar-refractivity contribution in [2.45, 2.75) is 18.9 Å². The summed E-state index contributed by atoms with van der Waals surface area (Å²) in [6, 6.07) is 1.31. The highest BCUT2D eigenvalue weighted by molar-refractivity contribution is 5.85. The molecule has 3 N–H and O–H groups in total. The monoisotopic (exact) mass is 228 g/mol. The summed E-state index contributed by atoms with van der Waals surface area (Å²) in [5.41, 5.74) is -1.08. The van der Waals surface area contributed by atoms with Gasteiger partial charge in [0.15, 0.2) is 0 Å². The van der Waals surface area contributed by atoms with Crippen molar-refractivity contribution in [2.24, 2.45) is 5.41 Å². The van der Waals surface area contributed by atoms with Crippen molar-refractivity contribution in [3.8, 4) is 6.07 Å². The summed E-state index contributed by atoms with van der Waals surface area (Å²) in [7, 11) is 0. The van der Waals surface area contributed by atoms with Gasteiger partial charge in [0.05, 0.1) is 25.3 Å². The Kier molecular flexibility index (Phi) is 4.68. The molecule has 1 amide bonds. The number of amides is 1. The van der Waals surface area contributed by atoms with E-state index in [0.29, 0.717) is 26.1 Å². The van der Waals surface area contributed by atoms with Crippen molar-refractivity contribution in [2.75, 3.05) is 26.4 Å². The van der Waals surface area contributed by atoms with Gasteiger partial charge in [0, 0.05) is 13.2 Å². The van der Waals surface area contributed by atoms with Crippen LogP contribution < -0.4 is 5.32 Å². The minimum atomic E-state index is -1.08. The second-order valence-corrected chi connectivity index (χ2v) is 3.84. The molecule has 1 rings (SSSR count). The number of carbonyl (C=O) groups excluding carboxylic acids is 1. The van der Waals surface area contributed by atoms with Crippen molar-refractivity contribution in [1.29, 1.82) is 5.26 Å². The Balaban J connectivity index is 2.65. The summed E-state index contributed by atoms with van der Waals surface area (Å²) in [5, 5.41) is 29.2. The fourth-order valence-electron chi connectivity index (χ4n) is 1.58. The van der Waals surface area contributed by atoms with Crippen LogP contribution in [0.25, 0.3) is 0 Å². The van der Waals surface area contributed by atoms with Gasteiger partial charge in [-0.3, -0.25) is 4.79 Å². The third-order valence-electron chi connectivity index (χ3n) is 2.77. The zero-order valence-corrected chi connectivity index (χ0v) is 8.98. The molecule has 0 saturated carbocycles. The predicted octanol–water partition coefficient (Wildman–Crippen LogP) is -1.22. The van der Waals surface area contributed by atoms with E-state index in [0.717, 1.165) is 0 Å². The Bertz CT molecular complexity index is 277. The third-order valence-corrected chi connectivity index (χ3v) is 2.77. The quantitative estimate of drug-likeness (QED) is 0.559. The van der Waals surface area contributed by atoms with Gasteiger partial charge in [0.2, 0.25) is 5.91 Å². The number of nitrogens with one attached hydrogen (secondary N) is 1. The van der Waals surface area contributed by atoms with Crippen molar-refractivity contribution in [1.82, 2.24) is 5.32 Å². The molecule has 0 unspecified atom stereocenters. The molecule has 90 valence electrons. The summed E-state index contributed by atoms with van der Waals surface area (Å²) in [6.07, 6.45) is 0.692. The molecule has 0 atom stereocenters. The molecule has 16 heavy (non-hydrogen) atoms. The van der Waals surface area contributed by atoms with Gasteiger partial charge in [0.25, 0.3) is 0 Å². The Labute approximate surface area is 93.8 Å². The molecule has 0 bridgehead atoms. The maximum Gasteiger partial charge on any atom is 0.241 e. The molecule has 1 aliphatic heterocycles. The average molecular weight is 228 g/mol. The van der Waals surface area contributed by atoms with Gasteiger partial charge in [-0.1, -0.05) is 0 Å². The Morgan fingerprint density at radius 1 is 1.44 bits per heavy atom. The molecule has 1 aliphatic rings. The first kappa shape index (κ1) is 12.9. The molecule has 6 heteroatoms. The van der Waals surface area contributed by atoms with Crippen molar-refractivity contribution in [3.63, 3.8) is 0 Å². The Hall–Kier alpha value is -1.16. The third kappa shape index (κ3) is 2.70. The van der Waals surface area contributed by atoms with Gasteiger partial charge in [-0.25, -0.2) is 0 Å². The number of hydrogen-bond acceptors (Lipinski definition) is 5. The van der Waals surface area contributed by atoms with Crippen molar-refractivity contribution < 1.29 is 19.7 Å². The number of aliphatic hydroxyl groups is 2. The lowest BCUT2D eigenvalue weighted by molar-refractivity contribution is -0.133. The SMILES string of the molecule is N#CC1(C(=O)NC(CO)CO)CCOCC1. The molecular formula is C10H16N2O4. The van der Waals surface area contributed by atoms with E-state index in [1.165, 1.54) is 0 Å². The highest BCUT2D eigenvalue weighted by Crippen LogP contribution is 2.29. The van der Waals surface area contributed by atoms with Crippen LogP contribution in [-0.4, -0.2) is 48.6 Å². The smallest absolute Gasteiger partial charge is 0.241 e. The summed E-state index contributed by atoms with van der Waals surface area (Å²) >= 11 is 0. The molecule has 0 aromatic rings. The second-order valence-electron chi connectivity index (χ2n) is 3.84. The van der Waals surface area contributed by atoms with Gasteiger partial charge < -0.3 is 20.3 Å². The fourth-order valence-corrected chi connectivity index (χ4v) is 1.58. The zero-order valence-electron chi connectivity index (χ0n) is 8.98. The maximum absolute atomic E-state index is 11.9. The summed E-state index contributed by atoms with van der Waals surface area (Å²) in [6.45, 7) is 0.0638. The van der Waals surface area contributed by atoms with Crippen LogP contribution in [0.2, 0.25) is 0 Å². The van der Waals surface area contributed by atoms with E-state index in [1.807, 2.05) is 6.07 Å². The molecule has 0 radical (unpaired) electrons. The number of rotatable bonds is 4. The van der Waals surface area contributed by atoms with Crippen LogP contribution >= 0.6 is 0 Å². The lowest BCUT2D eigenvalue weighted by Gasteiger charge is -2.30. The number of carbonyl (C=O) groups is 1. The van der Waals surface area contributed by atoms with E-state index >= 15 is 0 Å². The predicted molar refractivity (Wildman–Crippen MR) is 54.2 cm³/mol. The van der Waals surface area contributed by atoms with Gasteiger partial charge in [-0.15, -0.1) is 0 Å². The molecule has 0 aromatic heterocycles. The van der Waals surface area contributed by atoms with E-state index < -0.39 is 17.4 Å². The zero-order chi connectivity index (χ0) is 12.0. The van der Waals surface area contributed by atoms with Crippen LogP contribution in [0.15, 0.2) is 0 Å². The molecule has 6 nitrogen and oxygen atoms in total. The molecule has 1 heterocycles. The van der Waals surface area contributed by atoms with Crippen LogP contribution in [-0.2, 0) is 9.53 Å². The number of nitriles is 1. The van der Waals surface area contributed by atoms with Gasteiger partial charge in [-0.2, -0.15) is 5.26 Å². The minimum absolute atomic E-state index is 0.346. The highest BCUT2D eigenvalue weighted by atomic mass is 16.5. The lowest BCUT2D eigenvalue weighted by atomic mass is 9.80. The van der Waals surface area contributed by atoms with Gasteiger partial charge in [0.1, 0.15) is 5.41 Å². The van der Waals surface area contributed by atoms with E-state index in [-0.39, 0.29) is 13.2 Å². The second kappa shape index (κ2) is 5.80. The number of ether oxygens (including phenoxy) is 1. The summed E-state index contributed by atoms with van der Waals surface area (Å²) in [5.74, 6) is -0.439. The van der Waals surface area contributed by atoms with Crippen LogP contribution in [0.5, 0.6) is 0 Å². The number of aliphatic hydroxyl groups excluding tert-OH is 2. The van der Waals surface area contributed by atoms with Crippen LogP contribution in [0, 0.1) is 16.7 Å². The fraction of sp³-hybridized carbons (Fsp3) is 0.800. The lowest BCUT2D eigenvalue weighted by Crippen LogP contribution is -2.49. The topological polar surface area (TPSA) is 103 Å². The molecule has 1 saturated heterocycles. The number of nitrogens with zero attached hydrogens (tertiary/aromatic N) is 1. The van der Waals surface area contributed by atoms with E-state index in [4.69, 9.17) is 20.2 Å². The molecule has 1 fully saturated rings. The normalized spacial score (nSPS) is 19.1. The molecule has 0 aliphatic carbocycles. The first-order chi connectivity index (χ1) is 7.68. The largest absolute Gasteiger partial charge is 0.394 e. The standard InChI is InChI=1S/C10H16N2O4/c11-7-10(1-3-16-4-2-10)9(15)12-8(5-13)6-14/h8,13-14H,1-6H2,(H,12,15). The van der Waals surface area contributed by atoms with Crippen LogP contribution in [0.1, 0.15) is 12.8 Å². The van der Waals surface area contributed by atoms with E-state index in [2.05, 4.69) is 5.32 Å². The van der Waals surface area contributed by atoms with Crippen molar-refractivity contribution in [3.05, 3.63) is 0 Å². The number of hydrogen-bond donors (Lipinski definition) is 3. The van der Waals surface area contributed by atoms with Crippen LogP contribution in [0.3, 0.4) is 0 Å². The van der Waals surface area contributed by atoms with E-state index in [1.54, 1.807) is 0 Å². The molecular weight excluding hydrogens is 212 g/mol. The Morgan fingerprint density at radius 2 is 2.00 bits per heavy atom. The van der Waals surface area contributed by atoms with Crippen LogP contribution in [0.4, 0.5) is 0 Å². The van der Waals surface area contributed by atoms with Gasteiger partial charge in [-0.05, 0) is 12.8 Å². The average Bonchev–Trinajstić information content (AvgIpc) is 2.36. The minimum Gasteiger partial charge on any atom is -0.394 e. The summed E-state index contributed by atoms with van der Waals surface area (Å²) < 4.78 is 5.10. The first-order valence-electron chi connectivity index (χ1n) is 5.20. The molecule has 0 aromatic carbocycles. The van der Waals surface area contributed by atoms with Gasteiger partial charge >= 0.3 is 0 Å². The summed E-state index contributed by atoms with van der Waals surface area (Å²) in [4.78, 5) is 11.9. The highest BCUT2D eigenvalue weighted by Gasteiger charge is 2.41. The molecule has 0 spiro atoms. The van der Waals surface area contributed by atoms with Crippen molar-refractivity contribution >= 4 is 5.91 Å². The Morgan fingerprint density at radius 3 is 2.44 bits per heavy atom. The first-order valence-corrected chi connectivity index (χ1v) is 5.20. The van der Waals surface area contributed by atoms with E-state index in [9.17, 15) is 4.79 Å².